The van der Waals surface area contributed by atoms with Crippen LogP contribution < -0.4 is 14.4 Å². The van der Waals surface area contributed by atoms with Crippen molar-refractivity contribution in [3.8, 4) is 17.4 Å². The third-order valence-corrected chi connectivity index (χ3v) is 5.12. The molecule has 39 heavy (non-hydrogen) atoms. The summed E-state index contributed by atoms with van der Waals surface area (Å²) in [6.45, 7) is -4.90. The number of aliphatic hydroxyl groups is 1. The Morgan fingerprint density at radius 3 is 2.15 bits per heavy atom. The van der Waals surface area contributed by atoms with E-state index in [1.165, 1.54) is 30.3 Å². The van der Waals surface area contributed by atoms with Crippen LogP contribution in [0.4, 0.5) is 49.6 Å². The minimum atomic E-state index is -5.91. The molecule has 3 rings (SSSR count). The molecule has 0 radical (unpaired) electrons. The summed E-state index contributed by atoms with van der Waals surface area (Å²) in [4.78, 5) is 4.46. The molecule has 1 N–H and O–H groups in total. The third-order valence-electron chi connectivity index (χ3n) is 5.12. The first-order valence-corrected chi connectivity index (χ1v) is 10.8. The second-order valence-corrected chi connectivity index (χ2v) is 8.02. The topological polar surface area (TPSA) is 54.8 Å². The molecule has 0 spiro atoms. The Kier molecular flexibility index (Phi) is 8.83. The highest BCUT2D eigenvalue weighted by Crippen LogP contribution is 2.44. The quantitative estimate of drug-likeness (QED) is 0.264. The van der Waals surface area contributed by atoms with Gasteiger partial charge in [-0.05, 0) is 29.8 Å². The highest BCUT2D eigenvalue weighted by atomic mass is 19.4. The molecular weight excluding hydrogens is 554 g/mol. The molecule has 0 aliphatic carbocycles. The highest BCUT2D eigenvalue weighted by Gasteiger charge is 2.58. The maximum Gasteiger partial charge on any atom is 0.458 e. The van der Waals surface area contributed by atoms with Gasteiger partial charge in [-0.1, -0.05) is 24.3 Å². The number of benzene rings is 2. The molecule has 1 unspecified atom stereocenters. The summed E-state index contributed by atoms with van der Waals surface area (Å²) >= 11 is 0. The van der Waals surface area contributed by atoms with E-state index in [4.69, 9.17) is 4.74 Å². The summed E-state index contributed by atoms with van der Waals surface area (Å²) in [5, 5.41) is 9.64. The fourth-order valence-electron chi connectivity index (χ4n) is 3.31. The molecule has 0 bridgehead atoms. The number of anilines is 1. The van der Waals surface area contributed by atoms with Crippen LogP contribution in [0.5, 0.6) is 17.4 Å². The van der Waals surface area contributed by atoms with E-state index in [1.54, 1.807) is 0 Å². The van der Waals surface area contributed by atoms with E-state index in [2.05, 4.69) is 9.72 Å². The number of aliphatic hydroxyl groups excluding tert-OH is 1. The fourth-order valence-corrected chi connectivity index (χ4v) is 3.31. The lowest BCUT2D eigenvalue weighted by molar-refractivity contribution is -0.289. The largest absolute Gasteiger partial charge is 0.458 e. The molecule has 15 heteroatoms. The van der Waals surface area contributed by atoms with Gasteiger partial charge in [0.25, 0.3) is 0 Å². The number of alkyl halides is 10. The molecule has 0 amide bonds. The lowest BCUT2D eigenvalue weighted by Gasteiger charge is -2.29. The lowest BCUT2D eigenvalue weighted by Crippen LogP contribution is -2.41. The summed E-state index contributed by atoms with van der Waals surface area (Å²) in [5.74, 6) is -5.76. The van der Waals surface area contributed by atoms with E-state index in [9.17, 15) is 49.0 Å². The Labute approximate surface area is 214 Å². The molecule has 0 saturated carbocycles. The summed E-state index contributed by atoms with van der Waals surface area (Å²) < 4.78 is 140. The number of nitrogens with zero attached hydrogens (tertiary/aromatic N) is 2. The van der Waals surface area contributed by atoms with Gasteiger partial charge in [0.1, 0.15) is 11.5 Å². The number of ether oxygens (including phenoxy) is 2. The number of hydrogen-bond donors (Lipinski definition) is 1. The van der Waals surface area contributed by atoms with Gasteiger partial charge < -0.3 is 19.5 Å². The van der Waals surface area contributed by atoms with Gasteiger partial charge in [-0.2, -0.15) is 43.9 Å². The second-order valence-electron chi connectivity index (χ2n) is 8.02. The van der Waals surface area contributed by atoms with Crippen LogP contribution in [0.2, 0.25) is 0 Å². The maximum atomic E-state index is 13.8. The summed E-state index contributed by atoms with van der Waals surface area (Å²) in [5.41, 5.74) is -1.66. The maximum absolute atomic E-state index is 13.8. The monoisotopic (exact) mass is 572 g/mol. The number of aromatic nitrogens is 1. The fraction of sp³-hybridized carbons (Fsp3) is 0.292. The smallest absolute Gasteiger partial charge is 0.457 e. The predicted molar refractivity (Wildman–Crippen MR) is 117 cm³/mol. The molecule has 0 fully saturated rings. The van der Waals surface area contributed by atoms with Crippen molar-refractivity contribution in [1.82, 2.24) is 4.98 Å². The average molecular weight is 572 g/mol. The zero-order chi connectivity index (χ0) is 29.0. The molecule has 0 aliphatic heterocycles. The molecule has 0 saturated heterocycles. The van der Waals surface area contributed by atoms with Crippen molar-refractivity contribution < 1.29 is 58.5 Å². The van der Waals surface area contributed by atoms with Gasteiger partial charge >= 0.3 is 24.9 Å². The lowest BCUT2D eigenvalue weighted by atomic mass is 10.0. The van der Waals surface area contributed by atoms with Crippen molar-refractivity contribution in [1.29, 1.82) is 0 Å². The van der Waals surface area contributed by atoms with Crippen LogP contribution in [-0.2, 0) is 12.5 Å². The summed E-state index contributed by atoms with van der Waals surface area (Å²) in [7, 11) is 0. The third kappa shape index (κ3) is 7.88. The Bertz CT molecular complexity index is 1250. The molecule has 1 aromatic heterocycles. The van der Waals surface area contributed by atoms with Crippen LogP contribution in [0.1, 0.15) is 11.1 Å². The SMILES string of the molecule is OC(CN(Cc1cccc(C(F)(F)C(F)(F)F)c1)c1cccc(Oc2ccnc(OC(F)F)c2)c1)C(F)(F)F. The van der Waals surface area contributed by atoms with Crippen molar-refractivity contribution >= 4 is 5.69 Å². The number of rotatable bonds is 10. The van der Waals surface area contributed by atoms with Gasteiger partial charge in [-0.3, -0.25) is 0 Å². The van der Waals surface area contributed by atoms with Crippen molar-refractivity contribution in [3.05, 3.63) is 78.0 Å². The Balaban J connectivity index is 1.92. The number of hydrogen-bond acceptors (Lipinski definition) is 5. The van der Waals surface area contributed by atoms with Gasteiger partial charge in [-0.15, -0.1) is 0 Å². The highest BCUT2D eigenvalue weighted by molar-refractivity contribution is 5.52. The Morgan fingerprint density at radius 2 is 1.51 bits per heavy atom. The van der Waals surface area contributed by atoms with Gasteiger partial charge in [0.2, 0.25) is 5.88 Å². The minimum absolute atomic E-state index is 0.0226. The normalized spacial score (nSPS) is 13.3. The molecule has 5 nitrogen and oxygen atoms in total. The predicted octanol–water partition coefficient (Wildman–Crippen LogP) is 7.06. The van der Waals surface area contributed by atoms with Crippen molar-refractivity contribution in [2.24, 2.45) is 0 Å². The molecule has 212 valence electrons. The van der Waals surface area contributed by atoms with Crippen molar-refractivity contribution in [3.63, 3.8) is 0 Å². The minimum Gasteiger partial charge on any atom is -0.457 e. The van der Waals surface area contributed by atoms with E-state index in [1.807, 2.05) is 0 Å². The van der Waals surface area contributed by atoms with Gasteiger partial charge in [0.05, 0.1) is 6.54 Å². The standard InChI is InChI=1S/C24H18F10N2O3/c25-21(26)39-20-11-18(7-8-35-20)38-17-6-2-5-16(10-17)36(13-19(37)23(29,30)31)12-14-3-1-4-15(9-14)22(27,28)24(32,33)34/h1-11,19,21,37H,12-13H2. The first kappa shape index (κ1) is 29.8. The molecule has 2 aromatic carbocycles. The molecule has 1 heterocycles. The Morgan fingerprint density at radius 1 is 0.846 bits per heavy atom. The molecule has 1 atom stereocenters. The van der Waals surface area contributed by atoms with Crippen molar-refractivity contribution in [2.45, 2.75) is 37.5 Å². The molecular formula is C24H18F10N2O3. The van der Waals surface area contributed by atoms with E-state index < -0.39 is 55.5 Å². The zero-order valence-electron chi connectivity index (χ0n) is 19.4. The summed E-state index contributed by atoms with van der Waals surface area (Å²) in [6.07, 6.45) is -12.8. The van der Waals surface area contributed by atoms with Crippen LogP contribution in [0.3, 0.4) is 0 Å². The van der Waals surface area contributed by atoms with Gasteiger partial charge in [-0.25, -0.2) is 4.98 Å². The van der Waals surface area contributed by atoms with Crippen LogP contribution >= 0.6 is 0 Å². The van der Waals surface area contributed by atoms with Crippen LogP contribution in [0.25, 0.3) is 0 Å². The first-order chi connectivity index (χ1) is 18.1. The molecule has 3 aromatic rings. The zero-order valence-corrected chi connectivity index (χ0v) is 19.4. The van der Waals surface area contributed by atoms with E-state index in [-0.39, 0.29) is 22.7 Å². The van der Waals surface area contributed by atoms with E-state index in [0.717, 1.165) is 29.3 Å². The average Bonchev–Trinajstić information content (AvgIpc) is 2.82. The van der Waals surface area contributed by atoms with E-state index >= 15 is 0 Å². The van der Waals surface area contributed by atoms with Gasteiger partial charge in [0, 0.05) is 36.1 Å². The first-order valence-electron chi connectivity index (χ1n) is 10.8. The van der Waals surface area contributed by atoms with Crippen LogP contribution in [-0.4, -0.2) is 41.7 Å². The van der Waals surface area contributed by atoms with Crippen molar-refractivity contribution in [2.75, 3.05) is 11.4 Å². The van der Waals surface area contributed by atoms with E-state index in [0.29, 0.717) is 12.1 Å². The van der Waals surface area contributed by atoms with Crippen LogP contribution in [0.15, 0.2) is 66.9 Å². The number of pyridine rings is 1. The summed E-state index contributed by atoms with van der Waals surface area (Å²) in [6, 6.07) is 10.5. The van der Waals surface area contributed by atoms with Crippen LogP contribution in [0, 0.1) is 0 Å². The second kappa shape index (κ2) is 11.6. The molecule has 0 aliphatic rings. The number of halogens is 10. The van der Waals surface area contributed by atoms with Gasteiger partial charge in [0.15, 0.2) is 6.10 Å². The Hall–Kier alpha value is -3.75.